The lowest BCUT2D eigenvalue weighted by molar-refractivity contribution is -0.0762. The van der Waals surface area contributed by atoms with Crippen LogP contribution in [0.2, 0.25) is 0 Å². The lowest BCUT2D eigenvalue weighted by Gasteiger charge is -2.39. The summed E-state index contributed by atoms with van der Waals surface area (Å²) in [5, 5.41) is 9.18. The summed E-state index contributed by atoms with van der Waals surface area (Å²) in [4.78, 5) is 0. The van der Waals surface area contributed by atoms with Crippen molar-refractivity contribution in [3.8, 4) is 0 Å². The van der Waals surface area contributed by atoms with Crippen LogP contribution in [0.3, 0.4) is 0 Å². The first-order chi connectivity index (χ1) is 8.93. The molecule has 2 aliphatic rings. The van der Waals surface area contributed by atoms with Gasteiger partial charge in [0.1, 0.15) is 0 Å². The van der Waals surface area contributed by atoms with E-state index in [1.165, 1.54) is 4.31 Å². The molecule has 7 heteroatoms. The van der Waals surface area contributed by atoms with Crippen molar-refractivity contribution >= 4 is 10.2 Å². The van der Waals surface area contributed by atoms with E-state index in [4.69, 9.17) is 4.74 Å². The zero-order valence-corrected chi connectivity index (χ0v) is 12.5. The summed E-state index contributed by atoms with van der Waals surface area (Å²) in [5.41, 5.74) is 0. The molecule has 0 bridgehead atoms. The average molecular weight is 292 g/mol. The molecule has 3 unspecified atom stereocenters. The molecule has 0 aromatic carbocycles. The van der Waals surface area contributed by atoms with E-state index in [2.05, 4.69) is 6.92 Å². The van der Waals surface area contributed by atoms with Gasteiger partial charge in [-0.15, -0.1) is 0 Å². The highest BCUT2D eigenvalue weighted by Gasteiger charge is 2.37. The molecule has 0 radical (unpaired) electrons. The standard InChI is InChI=1S/C12H24N2O4S/c1-10-4-3-5-13(6-10)19(16,17)14-7-11(2)18-12(8-14)9-15/h10-12,15H,3-9H2,1-2H3. The fourth-order valence-electron chi connectivity index (χ4n) is 2.81. The van der Waals surface area contributed by atoms with Crippen LogP contribution in [0.25, 0.3) is 0 Å². The number of morpholine rings is 1. The molecule has 6 nitrogen and oxygen atoms in total. The maximum Gasteiger partial charge on any atom is 0.282 e. The van der Waals surface area contributed by atoms with Crippen molar-refractivity contribution < 1.29 is 18.3 Å². The Morgan fingerprint density at radius 3 is 2.58 bits per heavy atom. The van der Waals surface area contributed by atoms with Crippen LogP contribution in [-0.2, 0) is 14.9 Å². The quantitative estimate of drug-likeness (QED) is 0.797. The zero-order valence-electron chi connectivity index (χ0n) is 11.7. The Balaban J connectivity index is 2.09. The fraction of sp³-hybridized carbons (Fsp3) is 1.00. The Hall–Kier alpha value is -0.210. The second kappa shape index (κ2) is 6.05. The highest BCUT2D eigenvalue weighted by atomic mass is 32.2. The third kappa shape index (κ3) is 3.46. The molecule has 2 aliphatic heterocycles. The van der Waals surface area contributed by atoms with Crippen LogP contribution >= 0.6 is 0 Å². The van der Waals surface area contributed by atoms with E-state index in [1.54, 1.807) is 4.31 Å². The van der Waals surface area contributed by atoms with E-state index in [9.17, 15) is 13.5 Å². The molecule has 3 atom stereocenters. The van der Waals surface area contributed by atoms with Crippen molar-refractivity contribution in [2.75, 3.05) is 32.8 Å². The van der Waals surface area contributed by atoms with Gasteiger partial charge in [-0.2, -0.15) is 17.0 Å². The Kier molecular flexibility index (Phi) is 4.84. The molecule has 0 aromatic heterocycles. The molecule has 112 valence electrons. The first-order valence-electron chi connectivity index (χ1n) is 6.95. The molecular formula is C12H24N2O4S. The number of hydrogen-bond donors (Lipinski definition) is 1. The topological polar surface area (TPSA) is 70.1 Å². The number of ether oxygens (including phenoxy) is 1. The molecule has 0 amide bonds. The smallest absolute Gasteiger partial charge is 0.282 e. The largest absolute Gasteiger partial charge is 0.394 e. The molecule has 0 aromatic rings. The van der Waals surface area contributed by atoms with Gasteiger partial charge in [0.25, 0.3) is 10.2 Å². The predicted molar refractivity (Wildman–Crippen MR) is 71.9 cm³/mol. The van der Waals surface area contributed by atoms with Gasteiger partial charge in [0.2, 0.25) is 0 Å². The maximum atomic E-state index is 12.6. The summed E-state index contributed by atoms with van der Waals surface area (Å²) in [6.07, 6.45) is 1.41. The van der Waals surface area contributed by atoms with Gasteiger partial charge in [-0.05, 0) is 25.7 Å². The fourth-order valence-corrected chi connectivity index (χ4v) is 4.69. The van der Waals surface area contributed by atoms with Crippen LogP contribution in [0.5, 0.6) is 0 Å². The van der Waals surface area contributed by atoms with Gasteiger partial charge in [0.05, 0.1) is 18.8 Å². The molecule has 19 heavy (non-hydrogen) atoms. The minimum atomic E-state index is -3.42. The average Bonchev–Trinajstić information content (AvgIpc) is 2.38. The first-order valence-corrected chi connectivity index (χ1v) is 8.34. The number of rotatable bonds is 3. The number of hydrogen-bond acceptors (Lipinski definition) is 4. The summed E-state index contributed by atoms with van der Waals surface area (Å²) in [6.45, 7) is 5.58. The first kappa shape index (κ1) is 15.2. The summed E-state index contributed by atoms with van der Waals surface area (Å²) in [6, 6.07) is 0. The van der Waals surface area contributed by atoms with E-state index in [0.29, 0.717) is 25.6 Å². The van der Waals surface area contributed by atoms with Gasteiger partial charge in [-0.3, -0.25) is 0 Å². The van der Waals surface area contributed by atoms with Crippen molar-refractivity contribution in [3.05, 3.63) is 0 Å². The van der Waals surface area contributed by atoms with Gasteiger partial charge >= 0.3 is 0 Å². The highest BCUT2D eigenvalue weighted by Crippen LogP contribution is 2.23. The van der Waals surface area contributed by atoms with Crippen molar-refractivity contribution in [1.29, 1.82) is 0 Å². The Morgan fingerprint density at radius 1 is 1.21 bits per heavy atom. The molecule has 1 N–H and O–H groups in total. The van der Waals surface area contributed by atoms with Crippen LogP contribution in [-0.4, -0.2) is 67.1 Å². The normalized spacial score (nSPS) is 35.4. The summed E-state index contributed by atoms with van der Waals surface area (Å²) in [5.74, 6) is 0.413. The number of aliphatic hydroxyl groups excluding tert-OH is 1. The van der Waals surface area contributed by atoms with E-state index >= 15 is 0 Å². The molecular weight excluding hydrogens is 268 g/mol. The van der Waals surface area contributed by atoms with E-state index in [1.807, 2.05) is 6.92 Å². The Labute approximate surface area is 115 Å². The van der Waals surface area contributed by atoms with Gasteiger partial charge in [0.15, 0.2) is 0 Å². The number of aliphatic hydroxyl groups is 1. The molecule has 0 aliphatic carbocycles. The van der Waals surface area contributed by atoms with Crippen molar-refractivity contribution in [1.82, 2.24) is 8.61 Å². The van der Waals surface area contributed by atoms with Crippen LogP contribution in [0, 0.1) is 5.92 Å². The van der Waals surface area contributed by atoms with Crippen molar-refractivity contribution in [3.63, 3.8) is 0 Å². The number of nitrogens with zero attached hydrogens (tertiary/aromatic N) is 2. The third-order valence-corrected chi connectivity index (χ3v) is 5.70. The monoisotopic (exact) mass is 292 g/mol. The minimum absolute atomic E-state index is 0.146. The summed E-state index contributed by atoms with van der Waals surface area (Å²) in [7, 11) is -3.42. The van der Waals surface area contributed by atoms with Crippen LogP contribution in [0.4, 0.5) is 0 Å². The van der Waals surface area contributed by atoms with Gasteiger partial charge < -0.3 is 9.84 Å². The Morgan fingerprint density at radius 2 is 1.95 bits per heavy atom. The predicted octanol–water partition coefficient (Wildman–Crippen LogP) is 0.0447. The minimum Gasteiger partial charge on any atom is -0.394 e. The molecule has 2 fully saturated rings. The lowest BCUT2D eigenvalue weighted by atomic mass is 10.0. The third-order valence-electron chi connectivity index (χ3n) is 3.77. The summed E-state index contributed by atoms with van der Waals surface area (Å²) < 4.78 is 33.7. The van der Waals surface area contributed by atoms with E-state index < -0.39 is 16.3 Å². The van der Waals surface area contributed by atoms with E-state index in [0.717, 1.165) is 12.8 Å². The number of piperidine rings is 1. The molecule has 2 rings (SSSR count). The van der Waals surface area contributed by atoms with E-state index in [-0.39, 0.29) is 19.3 Å². The van der Waals surface area contributed by atoms with Crippen LogP contribution in [0.15, 0.2) is 0 Å². The zero-order chi connectivity index (χ0) is 14.0. The van der Waals surface area contributed by atoms with Crippen LogP contribution < -0.4 is 0 Å². The highest BCUT2D eigenvalue weighted by molar-refractivity contribution is 7.86. The second-order valence-electron chi connectivity index (χ2n) is 5.68. The maximum absolute atomic E-state index is 12.6. The van der Waals surface area contributed by atoms with Gasteiger partial charge in [-0.1, -0.05) is 6.92 Å². The second-order valence-corrected chi connectivity index (χ2v) is 7.61. The van der Waals surface area contributed by atoms with Gasteiger partial charge in [-0.25, -0.2) is 0 Å². The van der Waals surface area contributed by atoms with Crippen molar-refractivity contribution in [2.24, 2.45) is 5.92 Å². The van der Waals surface area contributed by atoms with Gasteiger partial charge in [0, 0.05) is 26.2 Å². The SMILES string of the molecule is CC1CCCN(S(=O)(=O)N2CC(C)OC(CO)C2)C1. The van der Waals surface area contributed by atoms with Crippen LogP contribution in [0.1, 0.15) is 26.7 Å². The summed E-state index contributed by atoms with van der Waals surface area (Å²) >= 11 is 0. The lowest BCUT2D eigenvalue weighted by Crippen LogP contribution is -2.55. The molecule has 2 saturated heterocycles. The molecule has 0 spiro atoms. The van der Waals surface area contributed by atoms with Crippen molar-refractivity contribution in [2.45, 2.75) is 38.9 Å². The molecule has 2 heterocycles. The Bertz CT molecular complexity index is 401. The molecule has 0 saturated carbocycles.